The van der Waals surface area contributed by atoms with Gasteiger partial charge in [-0.25, -0.2) is 13.4 Å². The van der Waals surface area contributed by atoms with Crippen molar-refractivity contribution in [3.63, 3.8) is 0 Å². The van der Waals surface area contributed by atoms with E-state index in [2.05, 4.69) is 10.3 Å². The summed E-state index contributed by atoms with van der Waals surface area (Å²) in [7, 11) is -3.87. The second-order valence-electron chi connectivity index (χ2n) is 6.90. The van der Waals surface area contributed by atoms with Crippen LogP contribution in [0.2, 0.25) is 5.02 Å². The molecule has 2 aromatic rings. The first-order valence-electron chi connectivity index (χ1n) is 8.86. The first kappa shape index (κ1) is 20.7. The lowest BCUT2D eigenvalue weighted by Crippen LogP contribution is -2.48. The first-order chi connectivity index (χ1) is 13.2. The summed E-state index contributed by atoms with van der Waals surface area (Å²) in [4.78, 5) is 16.6. The van der Waals surface area contributed by atoms with Crippen LogP contribution in [0.3, 0.4) is 0 Å². The number of aromatic nitrogens is 1. The van der Waals surface area contributed by atoms with Gasteiger partial charge in [0, 0.05) is 24.8 Å². The van der Waals surface area contributed by atoms with Crippen molar-refractivity contribution in [1.29, 1.82) is 0 Å². The molecule has 1 aliphatic heterocycles. The molecular weight excluding hydrogens is 402 g/mol. The standard InChI is InChI=1S/C19H22ClN3O4S/c1-12-4-7-18(21-9-12)22-19(24)15-5-6-16(20)17(8-15)28(25,26)23-10-13(2)27-14(3)11-23/h4-9,13-14H,10-11H2,1-3H3,(H,21,22,24). The van der Waals surface area contributed by atoms with E-state index in [0.717, 1.165) is 5.56 Å². The van der Waals surface area contributed by atoms with Crippen LogP contribution in [0.1, 0.15) is 29.8 Å². The number of carbonyl (C=O) groups is 1. The van der Waals surface area contributed by atoms with Crippen molar-refractivity contribution >= 4 is 33.3 Å². The Kier molecular flexibility index (Phi) is 6.04. The average Bonchev–Trinajstić information content (AvgIpc) is 2.63. The highest BCUT2D eigenvalue weighted by molar-refractivity contribution is 7.89. The van der Waals surface area contributed by atoms with Crippen molar-refractivity contribution in [2.24, 2.45) is 0 Å². The van der Waals surface area contributed by atoms with Gasteiger partial charge in [0.15, 0.2) is 0 Å². The van der Waals surface area contributed by atoms with E-state index in [1.165, 1.54) is 22.5 Å². The molecule has 0 bridgehead atoms. The zero-order chi connectivity index (χ0) is 20.5. The quantitative estimate of drug-likeness (QED) is 0.816. The summed E-state index contributed by atoms with van der Waals surface area (Å²) in [6, 6.07) is 7.69. The summed E-state index contributed by atoms with van der Waals surface area (Å²) in [5.74, 6) is -0.0843. The fraction of sp³-hybridized carbons (Fsp3) is 0.368. The van der Waals surface area contributed by atoms with Crippen molar-refractivity contribution in [3.8, 4) is 0 Å². The second kappa shape index (κ2) is 8.16. The Morgan fingerprint density at radius 3 is 2.50 bits per heavy atom. The highest BCUT2D eigenvalue weighted by atomic mass is 35.5. The maximum atomic E-state index is 13.1. The van der Waals surface area contributed by atoms with Crippen LogP contribution in [-0.4, -0.2) is 48.9 Å². The summed E-state index contributed by atoms with van der Waals surface area (Å²) in [5, 5.41) is 2.72. The van der Waals surface area contributed by atoms with Crippen molar-refractivity contribution in [3.05, 3.63) is 52.7 Å². The number of pyridine rings is 1. The van der Waals surface area contributed by atoms with Gasteiger partial charge >= 0.3 is 0 Å². The molecule has 9 heteroatoms. The number of halogens is 1. The van der Waals surface area contributed by atoms with Crippen molar-refractivity contribution in [2.45, 2.75) is 37.9 Å². The minimum atomic E-state index is -3.87. The molecule has 0 spiro atoms. The number of morpholine rings is 1. The van der Waals surface area contributed by atoms with Gasteiger partial charge in [-0.1, -0.05) is 17.7 Å². The lowest BCUT2D eigenvalue weighted by molar-refractivity contribution is -0.0440. The highest BCUT2D eigenvalue weighted by Gasteiger charge is 2.33. The van der Waals surface area contributed by atoms with Crippen LogP contribution in [0.15, 0.2) is 41.4 Å². The molecule has 1 fully saturated rings. The largest absolute Gasteiger partial charge is 0.373 e. The molecule has 1 aromatic carbocycles. The Labute approximate surface area is 169 Å². The number of sulfonamides is 1. The number of ether oxygens (including phenoxy) is 1. The Hall–Kier alpha value is -2.00. The fourth-order valence-corrected chi connectivity index (χ4v) is 5.13. The van der Waals surface area contributed by atoms with Gasteiger partial charge in [0.2, 0.25) is 10.0 Å². The van der Waals surface area contributed by atoms with E-state index in [9.17, 15) is 13.2 Å². The number of benzene rings is 1. The summed E-state index contributed by atoms with van der Waals surface area (Å²) < 4.78 is 33.2. The number of anilines is 1. The third-order valence-electron chi connectivity index (χ3n) is 4.35. The van der Waals surface area contributed by atoms with Gasteiger partial charge in [0.1, 0.15) is 10.7 Å². The molecule has 2 unspecified atom stereocenters. The molecule has 0 saturated carbocycles. The maximum Gasteiger partial charge on any atom is 0.256 e. The van der Waals surface area contributed by atoms with Crippen LogP contribution in [0, 0.1) is 6.92 Å². The molecule has 7 nitrogen and oxygen atoms in total. The number of carbonyl (C=O) groups excluding carboxylic acids is 1. The molecule has 0 radical (unpaired) electrons. The van der Waals surface area contributed by atoms with Gasteiger partial charge in [-0.05, 0) is 50.6 Å². The summed E-state index contributed by atoms with van der Waals surface area (Å²) in [6.07, 6.45) is 1.18. The van der Waals surface area contributed by atoms with Gasteiger partial charge in [0.25, 0.3) is 5.91 Å². The zero-order valence-electron chi connectivity index (χ0n) is 15.8. The van der Waals surface area contributed by atoms with E-state index in [-0.39, 0.29) is 40.8 Å². The van der Waals surface area contributed by atoms with Crippen LogP contribution in [0.25, 0.3) is 0 Å². The Bertz CT molecular complexity index is 969. The molecule has 2 heterocycles. The smallest absolute Gasteiger partial charge is 0.256 e. The maximum absolute atomic E-state index is 13.1. The van der Waals surface area contributed by atoms with Crippen molar-refractivity contribution in [2.75, 3.05) is 18.4 Å². The molecular formula is C19H22ClN3O4S. The molecule has 1 aromatic heterocycles. The normalized spacial score (nSPS) is 20.7. The minimum absolute atomic E-state index is 0.0665. The van der Waals surface area contributed by atoms with E-state index >= 15 is 0 Å². The van der Waals surface area contributed by atoms with Gasteiger partial charge in [-0.3, -0.25) is 4.79 Å². The van der Waals surface area contributed by atoms with E-state index < -0.39 is 15.9 Å². The average molecular weight is 424 g/mol. The first-order valence-corrected chi connectivity index (χ1v) is 10.7. The molecule has 1 N–H and O–H groups in total. The van der Waals surface area contributed by atoms with E-state index in [1.807, 2.05) is 26.8 Å². The Morgan fingerprint density at radius 1 is 1.21 bits per heavy atom. The zero-order valence-corrected chi connectivity index (χ0v) is 17.4. The number of hydrogen-bond acceptors (Lipinski definition) is 5. The van der Waals surface area contributed by atoms with Crippen LogP contribution in [-0.2, 0) is 14.8 Å². The topological polar surface area (TPSA) is 88.6 Å². The second-order valence-corrected chi connectivity index (χ2v) is 9.21. The molecule has 1 aliphatic rings. The Balaban J connectivity index is 1.88. The van der Waals surface area contributed by atoms with Gasteiger partial charge in [-0.15, -0.1) is 0 Å². The molecule has 2 atom stereocenters. The molecule has 1 amide bonds. The van der Waals surface area contributed by atoms with Crippen molar-refractivity contribution in [1.82, 2.24) is 9.29 Å². The van der Waals surface area contributed by atoms with E-state index in [1.54, 1.807) is 12.3 Å². The predicted molar refractivity (Wildman–Crippen MR) is 107 cm³/mol. The van der Waals surface area contributed by atoms with Crippen LogP contribution >= 0.6 is 11.6 Å². The number of rotatable bonds is 4. The number of aryl methyl sites for hydroxylation is 1. The van der Waals surface area contributed by atoms with Crippen molar-refractivity contribution < 1.29 is 17.9 Å². The van der Waals surface area contributed by atoms with E-state index in [0.29, 0.717) is 5.82 Å². The minimum Gasteiger partial charge on any atom is -0.373 e. The number of amides is 1. The van der Waals surface area contributed by atoms with Crippen LogP contribution in [0.5, 0.6) is 0 Å². The molecule has 150 valence electrons. The number of nitrogens with one attached hydrogen (secondary N) is 1. The van der Waals surface area contributed by atoms with Crippen LogP contribution in [0.4, 0.5) is 5.82 Å². The van der Waals surface area contributed by atoms with E-state index in [4.69, 9.17) is 16.3 Å². The number of hydrogen-bond donors (Lipinski definition) is 1. The molecule has 1 saturated heterocycles. The lowest BCUT2D eigenvalue weighted by atomic mass is 10.2. The molecule has 0 aliphatic carbocycles. The summed E-state index contributed by atoms with van der Waals surface area (Å²) in [5.41, 5.74) is 1.14. The van der Waals surface area contributed by atoms with Crippen LogP contribution < -0.4 is 5.32 Å². The lowest BCUT2D eigenvalue weighted by Gasteiger charge is -2.34. The summed E-state index contributed by atoms with van der Waals surface area (Å²) >= 11 is 6.17. The third kappa shape index (κ3) is 4.52. The van der Waals surface area contributed by atoms with Gasteiger partial charge in [-0.2, -0.15) is 4.31 Å². The molecule has 3 rings (SSSR count). The molecule has 28 heavy (non-hydrogen) atoms. The fourth-order valence-electron chi connectivity index (χ4n) is 3.04. The monoisotopic (exact) mass is 423 g/mol. The van der Waals surface area contributed by atoms with Gasteiger partial charge < -0.3 is 10.1 Å². The predicted octanol–water partition coefficient (Wildman–Crippen LogP) is 3.09. The SMILES string of the molecule is Cc1ccc(NC(=O)c2ccc(Cl)c(S(=O)(=O)N3CC(C)OC(C)C3)c2)nc1. The Morgan fingerprint density at radius 2 is 1.89 bits per heavy atom. The third-order valence-corrected chi connectivity index (χ3v) is 6.66. The number of nitrogens with zero attached hydrogens (tertiary/aromatic N) is 2. The summed E-state index contributed by atoms with van der Waals surface area (Å²) in [6.45, 7) is 5.98. The van der Waals surface area contributed by atoms with Gasteiger partial charge in [0.05, 0.1) is 17.2 Å². The highest BCUT2D eigenvalue weighted by Crippen LogP contribution is 2.28.